The molecule has 0 aromatic carbocycles. The van der Waals surface area contributed by atoms with Crippen LogP contribution in [0.5, 0.6) is 0 Å². The molecule has 134 valence electrons. The molecule has 0 saturated carbocycles. The molecule has 1 fully saturated rings. The highest BCUT2D eigenvalue weighted by atomic mass is 32.2. The summed E-state index contributed by atoms with van der Waals surface area (Å²) in [5.74, 6) is 0.173. The number of nitrogens with zero attached hydrogens (tertiary/aromatic N) is 5. The summed E-state index contributed by atoms with van der Waals surface area (Å²) in [6.45, 7) is 4.80. The van der Waals surface area contributed by atoms with E-state index in [4.69, 9.17) is 0 Å². The van der Waals surface area contributed by atoms with E-state index in [2.05, 4.69) is 17.0 Å². The molecule has 1 aromatic rings. The monoisotopic (exact) mass is 355 g/mol. The fraction of sp³-hybridized carbons (Fsp3) is 0.733. The first-order valence-electron chi connectivity index (χ1n) is 8.30. The highest BCUT2D eigenvalue weighted by Gasteiger charge is 2.25. The van der Waals surface area contributed by atoms with Crippen LogP contribution < -0.4 is 0 Å². The molecule has 0 aliphatic carbocycles. The van der Waals surface area contributed by atoms with Gasteiger partial charge in [0.1, 0.15) is 0 Å². The molecule has 9 heteroatoms. The van der Waals surface area contributed by atoms with E-state index in [-0.39, 0.29) is 5.91 Å². The molecule has 0 N–H and O–H groups in total. The summed E-state index contributed by atoms with van der Waals surface area (Å²) >= 11 is 0. The van der Waals surface area contributed by atoms with Crippen LogP contribution in [0.4, 0.5) is 0 Å². The van der Waals surface area contributed by atoms with E-state index in [1.165, 1.54) is 10.6 Å². The standard InChI is InChI=1S/C15H25N5O3S/c1-17-5-7-18(8-6-17)15(21)4-3-13-11-14-12-19(24(2,22)23)9-10-20(14)16-13/h11H,3-10,12H2,1-2H3. The zero-order valence-electron chi connectivity index (χ0n) is 14.3. The number of piperazine rings is 1. The molecular formula is C15H25N5O3S. The second-order valence-corrected chi connectivity index (χ2v) is 8.61. The third-order valence-corrected chi connectivity index (χ3v) is 5.98. The number of carbonyl (C=O) groups is 1. The highest BCUT2D eigenvalue weighted by molar-refractivity contribution is 7.88. The Kier molecular flexibility index (Phi) is 4.93. The van der Waals surface area contributed by atoms with Gasteiger partial charge in [-0.25, -0.2) is 8.42 Å². The lowest BCUT2D eigenvalue weighted by Crippen LogP contribution is -2.47. The van der Waals surface area contributed by atoms with Crippen molar-refractivity contribution in [2.24, 2.45) is 0 Å². The number of sulfonamides is 1. The van der Waals surface area contributed by atoms with E-state index >= 15 is 0 Å². The Balaban J connectivity index is 1.56. The number of aromatic nitrogens is 2. The Morgan fingerprint density at radius 3 is 2.54 bits per heavy atom. The van der Waals surface area contributed by atoms with E-state index in [0.717, 1.165) is 37.6 Å². The van der Waals surface area contributed by atoms with Crippen LogP contribution in [0.3, 0.4) is 0 Å². The van der Waals surface area contributed by atoms with Crippen molar-refractivity contribution in [1.29, 1.82) is 0 Å². The molecular weight excluding hydrogens is 330 g/mol. The van der Waals surface area contributed by atoms with E-state index < -0.39 is 10.0 Å². The summed E-state index contributed by atoms with van der Waals surface area (Å²) in [5, 5.41) is 4.51. The van der Waals surface area contributed by atoms with Gasteiger partial charge in [-0.05, 0) is 13.1 Å². The molecule has 0 atom stereocenters. The normalized spacial score (nSPS) is 20.2. The van der Waals surface area contributed by atoms with Crippen molar-refractivity contribution in [2.75, 3.05) is 46.0 Å². The van der Waals surface area contributed by atoms with Crippen LogP contribution in [0.2, 0.25) is 0 Å². The Labute approximate surface area is 143 Å². The zero-order valence-corrected chi connectivity index (χ0v) is 15.1. The van der Waals surface area contributed by atoms with Crippen LogP contribution >= 0.6 is 0 Å². The smallest absolute Gasteiger partial charge is 0.223 e. The lowest BCUT2D eigenvalue weighted by Gasteiger charge is -2.32. The van der Waals surface area contributed by atoms with Gasteiger partial charge in [0.05, 0.1) is 30.7 Å². The van der Waals surface area contributed by atoms with E-state index in [1.807, 2.05) is 15.6 Å². The van der Waals surface area contributed by atoms with Crippen molar-refractivity contribution < 1.29 is 13.2 Å². The van der Waals surface area contributed by atoms with Gasteiger partial charge >= 0.3 is 0 Å². The summed E-state index contributed by atoms with van der Waals surface area (Å²) in [6, 6.07) is 1.93. The van der Waals surface area contributed by atoms with E-state index in [1.54, 1.807) is 0 Å². The Bertz CT molecular complexity index is 707. The minimum absolute atomic E-state index is 0.173. The van der Waals surface area contributed by atoms with Crippen molar-refractivity contribution in [3.8, 4) is 0 Å². The van der Waals surface area contributed by atoms with Crippen molar-refractivity contribution in [1.82, 2.24) is 23.9 Å². The average molecular weight is 355 g/mol. The Morgan fingerprint density at radius 2 is 1.88 bits per heavy atom. The lowest BCUT2D eigenvalue weighted by molar-refractivity contribution is -0.132. The molecule has 24 heavy (non-hydrogen) atoms. The Hall–Kier alpha value is -1.45. The molecule has 2 aliphatic rings. The van der Waals surface area contributed by atoms with Gasteiger partial charge in [0.15, 0.2) is 0 Å². The van der Waals surface area contributed by atoms with Crippen LogP contribution in [0, 0.1) is 0 Å². The molecule has 3 heterocycles. The SMILES string of the molecule is CN1CCN(C(=O)CCc2cc3n(n2)CCN(S(C)(=O)=O)C3)CC1. The first kappa shape index (κ1) is 17.4. The molecule has 3 rings (SSSR count). The molecule has 1 saturated heterocycles. The number of rotatable bonds is 4. The van der Waals surface area contributed by atoms with Crippen molar-refractivity contribution in [3.05, 3.63) is 17.5 Å². The number of hydrogen-bond acceptors (Lipinski definition) is 5. The number of hydrogen-bond donors (Lipinski definition) is 0. The summed E-state index contributed by atoms with van der Waals surface area (Å²) in [4.78, 5) is 16.4. The van der Waals surface area contributed by atoms with Crippen molar-refractivity contribution in [3.63, 3.8) is 0 Å². The average Bonchev–Trinajstić information content (AvgIpc) is 2.94. The second-order valence-electron chi connectivity index (χ2n) is 6.63. The molecule has 1 amide bonds. The zero-order chi connectivity index (χ0) is 17.3. The lowest BCUT2D eigenvalue weighted by atomic mass is 10.2. The molecule has 2 aliphatic heterocycles. The first-order valence-corrected chi connectivity index (χ1v) is 10.1. The van der Waals surface area contributed by atoms with Crippen LogP contribution in [-0.4, -0.2) is 84.2 Å². The van der Waals surface area contributed by atoms with Gasteiger partial charge in [-0.3, -0.25) is 9.48 Å². The van der Waals surface area contributed by atoms with Crippen LogP contribution in [0.1, 0.15) is 17.8 Å². The molecule has 0 radical (unpaired) electrons. The number of likely N-dealkylation sites (N-methyl/N-ethyl adjacent to an activating group) is 1. The van der Waals surface area contributed by atoms with Gasteiger partial charge in [0, 0.05) is 45.6 Å². The van der Waals surface area contributed by atoms with Crippen molar-refractivity contribution in [2.45, 2.75) is 25.9 Å². The van der Waals surface area contributed by atoms with Crippen LogP contribution in [-0.2, 0) is 34.3 Å². The summed E-state index contributed by atoms with van der Waals surface area (Å²) in [5.41, 5.74) is 1.76. The molecule has 8 nitrogen and oxygen atoms in total. The maximum Gasteiger partial charge on any atom is 0.223 e. The minimum atomic E-state index is -3.18. The quantitative estimate of drug-likeness (QED) is 0.718. The number of fused-ring (bicyclic) bond motifs is 1. The van der Waals surface area contributed by atoms with E-state index in [0.29, 0.717) is 32.5 Å². The molecule has 0 unspecified atom stereocenters. The van der Waals surface area contributed by atoms with Gasteiger partial charge in [0.25, 0.3) is 0 Å². The van der Waals surface area contributed by atoms with Crippen LogP contribution in [0.15, 0.2) is 6.07 Å². The van der Waals surface area contributed by atoms with Gasteiger partial charge in [-0.1, -0.05) is 0 Å². The summed E-state index contributed by atoms with van der Waals surface area (Å²) in [7, 11) is -1.11. The van der Waals surface area contributed by atoms with Crippen molar-refractivity contribution >= 4 is 15.9 Å². The number of aryl methyl sites for hydroxylation is 1. The number of amides is 1. The summed E-state index contributed by atoms with van der Waals surface area (Å²) in [6.07, 6.45) is 2.29. The Morgan fingerprint density at radius 1 is 1.17 bits per heavy atom. The fourth-order valence-electron chi connectivity index (χ4n) is 3.16. The van der Waals surface area contributed by atoms with Gasteiger partial charge < -0.3 is 9.80 Å². The van der Waals surface area contributed by atoms with Crippen LogP contribution in [0.25, 0.3) is 0 Å². The molecule has 0 bridgehead atoms. The van der Waals surface area contributed by atoms with Gasteiger partial charge in [-0.15, -0.1) is 0 Å². The largest absolute Gasteiger partial charge is 0.340 e. The fourth-order valence-corrected chi connectivity index (χ4v) is 3.94. The molecule has 0 spiro atoms. The third kappa shape index (κ3) is 3.96. The third-order valence-electron chi connectivity index (χ3n) is 4.73. The maximum absolute atomic E-state index is 12.3. The predicted molar refractivity (Wildman–Crippen MR) is 89.9 cm³/mol. The number of carbonyl (C=O) groups excluding carboxylic acids is 1. The minimum Gasteiger partial charge on any atom is -0.340 e. The van der Waals surface area contributed by atoms with Gasteiger partial charge in [-0.2, -0.15) is 9.40 Å². The summed E-state index contributed by atoms with van der Waals surface area (Å²) < 4.78 is 26.6. The first-order chi connectivity index (χ1) is 11.3. The topological polar surface area (TPSA) is 78.8 Å². The van der Waals surface area contributed by atoms with E-state index in [9.17, 15) is 13.2 Å². The highest BCUT2D eigenvalue weighted by Crippen LogP contribution is 2.17. The van der Waals surface area contributed by atoms with Gasteiger partial charge in [0.2, 0.25) is 15.9 Å². The maximum atomic E-state index is 12.3. The predicted octanol–water partition coefficient (Wildman–Crippen LogP) is -0.635. The molecule has 1 aromatic heterocycles. The second kappa shape index (κ2) is 6.81.